The van der Waals surface area contributed by atoms with E-state index >= 15 is 0 Å². The minimum Gasteiger partial charge on any atom is -0.469 e. The van der Waals surface area contributed by atoms with E-state index in [1.807, 2.05) is 0 Å². The average Bonchev–Trinajstić information content (AvgIpc) is 3.07. The molecule has 4 rings (SSSR count). The van der Waals surface area contributed by atoms with Gasteiger partial charge in [-0.25, -0.2) is 0 Å². The number of methoxy groups -OCH3 is 1. The highest BCUT2D eigenvalue weighted by Gasteiger charge is 2.77. The first-order chi connectivity index (χ1) is 17.2. The van der Waals surface area contributed by atoms with Crippen LogP contribution in [-0.4, -0.2) is 69.8 Å². The molecule has 3 saturated carbocycles. The van der Waals surface area contributed by atoms with E-state index in [1.54, 1.807) is 26.8 Å². The standard InChI is InChI=1S/C27H33ClO9/c1-14-9-16-17-11-19(31)18-10-15(30)7-8-24(18,2)26(17,28)20(32)12-25(16,3)27(14,21(33)13-29)37-23(35)6-5-22(34)36-4/h7-8,10,14,16-17,20,29,32H,5-6,9,11-13H2,1-4H3/t14-,16-,17-,20-,24-,25-,26-,27-/m0/s1. The first-order valence-corrected chi connectivity index (χ1v) is 12.9. The van der Waals surface area contributed by atoms with Gasteiger partial charge in [-0.3, -0.25) is 24.0 Å². The maximum Gasteiger partial charge on any atom is 0.307 e. The summed E-state index contributed by atoms with van der Waals surface area (Å²) >= 11 is 7.35. The van der Waals surface area contributed by atoms with E-state index in [4.69, 9.17) is 16.3 Å². The Bertz CT molecular complexity index is 1130. The molecule has 2 N–H and O–H groups in total. The van der Waals surface area contributed by atoms with Gasteiger partial charge < -0.3 is 19.7 Å². The molecule has 0 aromatic carbocycles. The number of hydrogen-bond donors (Lipinski definition) is 2. The van der Waals surface area contributed by atoms with Crippen molar-refractivity contribution in [1.82, 2.24) is 0 Å². The van der Waals surface area contributed by atoms with E-state index in [0.717, 1.165) is 0 Å². The number of aliphatic hydroxyl groups excluding tert-OH is 2. The molecule has 202 valence electrons. The van der Waals surface area contributed by atoms with Crippen molar-refractivity contribution in [2.24, 2.45) is 28.6 Å². The summed E-state index contributed by atoms with van der Waals surface area (Å²) in [7, 11) is 1.20. The summed E-state index contributed by atoms with van der Waals surface area (Å²) in [5.74, 6) is -4.31. The lowest BCUT2D eigenvalue weighted by Crippen LogP contribution is -2.70. The second-order valence-corrected chi connectivity index (χ2v) is 11.9. The molecule has 4 aliphatic carbocycles. The largest absolute Gasteiger partial charge is 0.469 e. The molecule has 0 unspecified atom stereocenters. The molecular formula is C27H33ClO9. The number of esters is 2. The van der Waals surface area contributed by atoms with Gasteiger partial charge in [0.15, 0.2) is 17.2 Å². The zero-order valence-corrected chi connectivity index (χ0v) is 22.2. The second kappa shape index (κ2) is 9.13. The molecule has 0 amide bonds. The molecule has 8 atom stereocenters. The highest BCUT2D eigenvalue weighted by molar-refractivity contribution is 6.28. The van der Waals surface area contributed by atoms with Gasteiger partial charge in [-0.05, 0) is 36.8 Å². The molecule has 0 spiro atoms. The SMILES string of the molecule is COC(=O)CCC(=O)O[C@]1(C(=O)CO)[C@@H](C)C[C@H]2[C@@H]3CC(=O)C4=CC(=O)C=C[C@]4(C)[C@@]3(Cl)[C@@H](O)C[C@@]21C. The lowest BCUT2D eigenvalue weighted by Gasteiger charge is -2.63. The third kappa shape index (κ3) is 3.61. The smallest absolute Gasteiger partial charge is 0.307 e. The lowest BCUT2D eigenvalue weighted by atomic mass is 9.45. The Morgan fingerprint density at radius 3 is 2.41 bits per heavy atom. The number of rotatable bonds is 6. The number of ketones is 3. The van der Waals surface area contributed by atoms with Crippen LogP contribution < -0.4 is 0 Å². The fourth-order valence-corrected chi connectivity index (χ4v) is 8.35. The van der Waals surface area contributed by atoms with Crippen molar-refractivity contribution in [3.05, 3.63) is 23.8 Å². The van der Waals surface area contributed by atoms with Gasteiger partial charge in [0.2, 0.25) is 5.78 Å². The topological polar surface area (TPSA) is 144 Å². The van der Waals surface area contributed by atoms with E-state index in [9.17, 15) is 34.2 Å². The van der Waals surface area contributed by atoms with Crippen LogP contribution in [0.15, 0.2) is 23.8 Å². The molecule has 0 radical (unpaired) electrons. The van der Waals surface area contributed by atoms with E-state index < -0.39 is 69.5 Å². The molecule has 4 aliphatic rings. The van der Waals surface area contributed by atoms with E-state index in [0.29, 0.717) is 6.42 Å². The Balaban J connectivity index is 1.79. The number of hydrogen-bond acceptors (Lipinski definition) is 9. The third-order valence-corrected chi connectivity index (χ3v) is 10.5. The molecule has 0 aromatic heterocycles. The first-order valence-electron chi connectivity index (χ1n) is 12.5. The van der Waals surface area contributed by atoms with E-state index in [2.05, 4.69) is 4.74 Å². The molecule has 0 heterocycles. The van der Waals surface area contributed by atoms with Crippen LogP contribution in [0.5, 0.6) is 0 Å². The Kier molecular flexibility index (Phi) is 6.83. The van der Waals surface area contributed by atoms with Crippen LogP contribution in [0, 0.1) is 28.6 Å². The van der Waals surface area contributed by atoms with Crippen molar-refractivity contribution in [3.8, 4) is 0 Å². The minimum absolute atomic E-state index is 0.0448. The van der Waals surface area contributed by atoms with Crippen molar-refractivity contribution in [3.63, 3.8) is 0 Å². The van der Waals surface area contributed by atoms with Crippen molar-refractivity contribution >= 4 is 40.9 Å². The van der Waals surface area contributed by atoms with Crippen LogP contribution in [0.2, 0.25) is 0 Å². The normalized spacial score (nSPS) is 42.3. The molecule has 0 saturated heterocycles. The van der Waals surface area contributed by atoms with E-state index in [-0.39, 0.29) is 42.8 Å². The Morgan fingerprint density at radius 2 is 1.78 bits per heavy atom. The molecule has 0 bridgehead atoms. The Labute approximate surface area is 220 Å². The quantitative estimate of drug-likeness (QED) is 0.383. The molecule has 10 heteroatoms. The summed E-state index contributed by atoms with van der Waals surface area (Å²) in [6.45, 7) is 4.32. The maximum atomic E-state index is 13.4. The predicted octanol–water partition coefficient (Wildman–Crippen LogP) is 1.85. The number of halogens is 1. The number of alkyl halides is 1. The number of carbonyl (C=O) groups is 5. The van der Waals surface area contributed by atoms with Crippen LogP contribution in [0.4, 0.5) is 0 Å². The fraction of sp³-hybridized carbons (Fsp3) is 0.667. The summed E-state index contributed by atoms with van der Waals surface area (Å²) in [6, 6.07) is 0. The zero-order valence-electron chi connectivity index (χ0n) is 21.4. The molecule has 3 fully saturated rings. The third-order valence-electron chi connectivity index (χ3n) is 9.62. The second-order valence-electron chi connectivity index (χ2n) is 11.2. The Hall–Kier alpha value is -2.36. The van der Waals surface area contributed by atoms with Gasteiger partial charge in [0.1, 0.15) is 6.61 Å². The van der Waals surface area contributed by atoms with Crippen LogP contribution in [0.1, 0.15) is 52.9 Å². The van der Waals surface area contributed by atoms with Gasteiger partial charge in [-0.1, -0.05) is 26.8 Å². The fourth-order valence-electron chi connectivity index (χ4n) is 7.88. The molecule has 0 aromatic rings. The summed E-state index contributed by atoms with van der Waals surface area (Å²) < 4.78 is 10.5. The first kappa shape index (κ1) is 27.7. The van der Waals surface area contributed by atoms with Crippen molar-refractivity contribution in [1.29, 1.82) is 0 Å². The van der Waals surface area contributed by atoms with Crippen molar-refractivity contribution < 1.29 is 43.7 Å². The van der Waals surface area contributed by atoms with Crippen molar-refractivity contribution in [2.75, 3.05) is 13.7 Å². The number of aliphatic hydroxyl groups is 2. The van der Waals surface area contributed by atoms with Gasteiger partial charge in [0.05, 0.1) is 30.9 Å². The number of fused-ring (bicyclic) bond motifs is 5. The Morgan fingerprint density at radius 1 is 1.14 bits per heavy atom. The zero-order chi connectivity index (χ0) is 27.6. The van der Waals surface area contributed by atoms with E-state index in [1.165, 1.54) is 19.3 Å². The highest BCUT2D eigenvalue weighted by Crippen LogP contribution is 2.71. The number of ether oxygens (including phenoxy) is 2. The predicted molar refractivity (Wildman–Crippen MR) is 130 cm³/mol. The summed E-state index contributed by atoms with van der Waals surface area (Å²) in [6.07, 6.45) is 2.67. The summed E-state index contributed by atoms with van der Waals surface area (Å²) in [5.41, 5.74) is -3.83. The number of Topliss-reactive ketones (excluding diaryl/α,β-unsaturated/α-hetero) is 2. The van der Waals surface area contributed by atoms with Gasteiger partial charge in [0.25, 0.3) is 0 Å². The van der Waals surface area contributed by atoms with Crippen molar-refractivity contribution in [2.45, 2.75) is 69.5 Å². The van der Waals surface area contributed by atoms with Crippen LogP contribution in [0.25, 0.3) is 0 Å². The monoisotopic (exact) mass is 536 g/mol. The molecule has 37 heavy (non-hydrogen) atoms. The van der Waals surface area contributed by atoms with Crippen LogP contribution in [0.3, 0.4) is 0 Å². The molecule has 0 aliphatic heterocycles. The van der Waals surface area contributed by atoms with Gasteiger partial charge in [-0.2, -0.15) is 0 Å². The highest BCUT2D eigenvalue weighted by atomic mass is 35.5. The van der Waals surface area contributed by atoms with Crippen LogP contribution >= 0.6 is 11.6 Å². The lowest BCUT2D eigenvalue weighted by molar-refractivity contribution is -0.203. The number of carbonyl (C=O) groups excluding carboxylic acids is 5. The van der Waals surface area contributed by atoms with Gasteiger partial charge >= 0.3 is 11.9 Å². The molecular weight excluding hydrogens is 504 g/mol. The van der Waals surface area contributed by atoms with Gasteiger partial charge in [-0.15, -0.1) is 11.6 Å². The minimum atomic E-state index is -1.79. The summed E-state index contributed by atoms with van der Waals surface area (Å²) in [4.78, 5) is 61.9. The average molecular weight is 537 g/mol. The van der Waals surface area contributed by atoms with Gasteiger partial charge in [0, 0.05) is 28.7 Å². The molecule has 9 nitrogen and oxygen atoms in total. The number of allylic oxidation sites excluding steroid dienone is 4. The maximum absolute atomic E-state index is 13.4. The van der Waals surface area contributed by atoms with Crippen LogP contribution in [-0.2, 0) is 33.4 Å². The summed E-state index contributed by atoms with van der Waals surface area (Å²) in [5, 5.41) is 21.6.